The van der Waals surface area contributed by atoms with Crippen molar-refractivity contribution in [1.29, 1.82) is 0 Å². The summed E-state index contributed by atoms with van der Waals surface area (Å²) in [4.78, 5) is 19.6. The SMILES string of the molecule is COc1ccc(-c2ncc(C(=O)N3CCNC[C@@H]3C)s2)cc1.Cl. The lowest BCUT2D eigenvalue weighted by Gasteiger charge is -2.33. The molecule has 2 aromatic rings. The molecule has 0 unspecified atom stereocenters. The molecule has 0 spiro atoms. The first kappa shape index (κ1) is 17.7. The fourth-order valence-corrected chi connectivity index (χ4v) is 3.40. The van der Waals surface area contributed by atoms with Gasteiger partial charge in [0.15, 0.2) is 0 Å². The Morgan fingerprint density at radius 3 is 2.78 bits per heavy atom. The molecule has 0 aliphatic carbocycles. The van der Waals surface area contributed by atoms with Crippen molar-refractivity contribution in [2.24, 2.45) is 0 Å². The van der Waals surface area contributed by atoms with Crippen molar-refractivity contribution in [3.63, 3.8) is 0 Å². The molecular formula is C16H20ClN3O2S. The molecule has 1 fully saturated rings. The van der Waals surface area contributed by atoms with Crippen LogP contribution in [0.1, 0.15) is 16.6 Å². The van der Waals surface area contributed by atoms with Gasteiger partial charge in [0.05, 0.1) is 13.3 Å². The van der Waals surface area contributed by atoms with Crippen LogP contribution in [0.3, 0.4) is 0 Å². The van der Waals surface area contributed by atoms with E-state index >= 15 is 0 Å². The molecule has 1 aliphatic heterocycles. The number of rotatable bonds is 3. The highest BCUT2D eigenvalue weighted by atomic mass is 35.5. The number of hydrogen-bond donors (Lipinski definition) is 1. The number of carbonyl (C=O) groups is 1. The average molecular weight is 354 g/mol. The largest absolute Gasteiger partial charge is 0.497 e. The Labute approximate surface area is 146 Å². The van der Waals surface area contributed by atoms with Gasteiger partial charge in [0.25, 0.3) is 5.91 Å². The summed E-state index contributed by atoms with van der Waals surface area (Å²) < 4.78 is 5.16. The van der Waals surface area contributed by atoms with Gasteiger partial charge in [-0.3, -0.25) is 4.79 Å². The summed E-state index contributed by atoms with van der Waals surface area (Å²) in [6.45, 7) is 4.50. The van der Waals surface area contributed by atoms with Crippen LogP contribution in [-0.2, 0) is 0 Å². The number of nitrogens with zero attached hydrogens (tertiary/aromatic N) is 2. The predicted octanol–water partition coefficient (Wildman–Crippen LogP) is 2.67. The smallest absolute Gasteiger partial charge is 0.265 e. The summed E-state index contributed by atoms with van der Waals surface area (Å²) in [7, 11) is 1.64. The number of aromatic nitrogens is 1. The highest BCUT2D eigenvalue weighted by Gasteiger charge is 2.25. The number of amides is 1. The fourth-order valence-electron chi connectivity index (χ4n) is 2.52. The maximum atomic E-state index is 12.6. The van der Waals surface area contributed by atoms with Crippen molar-refractivity contribution >= 4 is 29.7 Å². The van der Waals surface area contributed by atoms with Crippen LogP contribution in [0.4, 0.5) is 0 Å². The van der Waals surface area contributed by atoms with Crippen LogP contribution in [0, 0.1) is 0 Å². The molecule has 5 nitrogen and oxygen atoms in total. The number of ether oxygens (including phenoxy) is 1. The Balaban J connectivity index is 0.00000192. The van der Waals surface area contributed by atoms with Crippen LogP contribution in [0.25, 0.3) is 10.6 Å². The molecule has 23 heavy (non-hydrogen) atoms. The number of thiazole rings is 1. The summed E-state index contributed by atoms with van der Waals surface area (Å²) in [5, 5.41) is 4.15. The molecule has 2 heterocycles. The van der Waals surface area contributed by atoms with E-state index in [-0.39, 0.29) is 24.4 Å². The molecule has 1 aromatic carbocycles. The van der Waals surface area contributed by atoms with Gasteiger partial charge in [-0.25, -0.2) is 4.98 Å². The third-order valence-corrected chi connectivity index (χ3v) is 4.85. The van der Waals surface area contributed by atoms with Gasteiger partial charge in [-0.15, -0.1) is 23.7 Å². The summed E-state index contributed by atoms with van der Waals surface area (Å²) >= 11 is 1.44. The van der Waals surface area contributed by atoms with E-state index in [1.165, 1.54) is 11.3 Å². The number of piperazine rings is 1. The third kappa shape index (κ3) is 3.83. The molecular weight excluding hydrogens is 334 g/mol. The molecule has 7 heteroatoms. The molecule has 1 atom stereocenters. The molecule has 1 aromatic heterocycles. The Morgan fingerprint density at radius 2 is 2.13 bits per heavy atom. The number of methoxy groups -OCH3 is 1. The van der Waals surface area contributed by atoms with Gasteiger partial charge in [0, 0.05) is 31.2 Å². The van der Waals surface area contributed by atoms with E-state index in [1.54, 1.807) is 13.3 Å². The topological polar surface area (TPSA) is 54.5 Å². The van der Waals surface area contributed by atoms with Crippen molar-refractivity contribution in [2.75, 3.05) is 26.7 Å². The van der Waals surface area contributed by atoms with Gasteiger partial charge in [0.2, 0.25) is 0 Å². The Hall–Kier alpha value is -1.63. The van der Waals surface area contributed by atoms with Gasteiger partial charge in [0.1, 0.15) is 15.6 Å². The van der Waals surface area contributed by atoms with Crippen LogP contribution in [0.15, 0.2) is 30.5 Å². The van der Waals surface area contributed by atoms with Crippen molar-refractivity contribution < 1.29 is 9.53 Å². The van der Waals surface area contributed by atoms with Crippen LogP contribution < -0.4 is 10.1 Å². The Morgan fingerprint density at radius 1 is 1.39 bits per heavy atom. The van der Waals surface area contributed by atoms with Gasteiger partial charge in [-0.2, -0.15) is 0 Å². The third-order valence-electron chi connectivity index (χ3n) is 3.82. The second kappa shape index (κ2) is 7.77. The van der Waals surface area contributed by atoms with E-state index in [0.29, 0.717) is 4.88 Å². The molecule has 1 saturated heterocycles. The van der Waals surface area contributed by atoms with E-state index < -0.39 is 0 Å². The molecule has 1 aliphatic rings. The quantitative estimate of drug-likeness (QED) is 0.921. The fraction of sp³-hybridized carbons (Fsp3) is 0.375. The van der Waals surface area contributed by atoms with Crippen molar-refractivity contribution in [3.05, 3.63) is 35.3 Å². The number of carbonyl (C=O) groups excluding carboxylic acids is 1. The molecule has 1 N–H and O–H groups in total. The van der Waals surface area contributed by atoms with Gasteiger partial charge < -0.3 is 15.0 Å². The number of hydrogen-bond acceptors (Lipinski definition) is 5. The van der Waals surface area contributed by atoms with Crippen LogP contribution in [0.2, 0.25) is 0 Å². The lowest BCUT2D eigenvalue weighted by atomic mass is 10.2. The summed E-state index contributed by atoms with van der Waals surface area (Å²) in [5.41, 5.74) is 0.998. The van der Waals surface area contributed by atoms with Crippen molar-refractivity contribution in [2.45, 2.75) is 13.0 Å². The predicted molar refractivity (Wildman–Crippen MR) is 94.7 cm³/mol. The minimum Gasteiger partial charge on any atom is -0.497 e. The Bertz CT molecular complexity index is 660. The van der Waals surface area contributed by atoms with E-state index in [4.69, 9.17) is 4.74 Å². The van der Waals surface area contributed by atoms with Crippen molar-refractivity contribution in [1.82, 2.24) is 15.2 Å². The zero-order chi connectivity index (χ0) is 15.5. The summed E-state index contributed by atoms with van der Waals surface area (Å²) in [6, 6.07) is 7.93. The molecule has 0 saturated carbocycles. The van der Waals surface area contributed by atoms with Gasteiger partial charge in [-0.05, 0) is 31.2 Å². The first-order chi connectivity index (χ1) is 10.7. The van der Waals surface area contributed by atoms with Crippen molar-refractivity contribution in [3.8, 4) is 16.3 Å². The number of nitrogens with one attached hydrogen (secondary N) is 1. The highest BCUT2D eigenvalue weighted by Crippen LogP contribution is 2.27. The van der Waals surface area contributed by atoms with Crippen LogP contribution >= 0.6 is 23.7 Å². The molecule has 1 amide bonds. The van der Waals surface area contributed by atoms with Crippen LogP contribution in [-0.4, -0.2) is 48.6 Å². The molecule has 3 rings (SSSR count). The van der Waals surface area contributed by atoms with E-state index in [9.17, 15) is 4.79 Å². The average Bonchev–Trinajstić information content (AvgIpc) is 3.05. The lowest BCUT2D eigenvalue weighted by Crippen LogP contribution is -2.52. The second-order valence-electron chi connectivity index (χ2n) is 5.31. The standard InChI is InChI=1S/C16H19N3O2S.ClH/c1-11-9-17-7-8-19(11)16(20)14-10-18-15(22-14)12-3-5-13(21-2)6-4-12;/h3-6,10-11,17H,7-9H2,1-2H3;1H/t11-;/m0./s1. The molecule has 0 radical (unpaired) electrons. The molecule has 0 bridgehead atoms. The highest BCUT2D eigenvalue weighted by molar-refractivity contribution is 7.16. The normalized spacial score (nSPS) is 17.5. The zero-order valence-electron chi connectivity index (χ0n) is 13.1. The van der Waals surface area contributed by atoms with E-state index in [2.05, 4.69) is 17.2 Å². The maximum Gasteiger partial charge on any atom is 0.265 e. The van der Waals surface area contributed by atoms with Gasteiger partial charge in [-0.1, -0.05) is 0 Å². The first-order valence-corrected chi connectivity index (χ1v) is 8.12. The summed E-state index contributed by atoms with van der Waals surface area (Å²) in [5.74, 6) is 0.887. The first-order valence-electron chi connectivity index (χ1n) is 7.31. The van der Waals surface area contributed by atoms with Crippen LogP contribution in [0.5, 0.6) is 5.75 Å². The zero-order valence-corrected chi connectivity index (χ0v) is 14.7. The lowest BCUT2D eigenvalue weighted by molar-refractivity contribution is 0.0660. The van der Waals surface area contributed by atoms with Gasteiger partial charge >= 0.3 is 0 Å². The summed E-state index contributed by atoms with van der Waals surface area (Å²) in [6.07, 6.45) is 1.68. The van der Waals surface area contributed by atoms with E-state index in [1.807, 2.05) is 29.2 Å². The second-order valence-corrected chi connectivity index (χ2v) is 6.34. The minimum atomic E-state index is 0. The van der Waals surface area contributed by atoms with E-state index in [0.717, 1.165) is 36.0 Å². The number of benzene rings is 1. The minimum absolute atomic E-state index is 0. The number of halogens is 1. The Kier molecular flexibility index (Phi) is 5.98. The molecule has 124 valence electrons. The monoisotopic (exact) mass is 353 g/mol. The maximum absolute atomic E-state index is 12.6.